The maximum Gasteiger partial charge on any atom is 0.410 e. The van der Waals surface area contributed by atoms with Crippen molar-refractivity contribution in [2.75, 3.05) is 26.7 Å². The van der Waals surface area contributed by atoms with E-state index in [9.17, 15) is 14.0 Å². The van der Waals surface area contributed by atoms with Gasteiger partial charge in [-0.1, -0.05) is 45.2 Å². The van der Waals surface area contributed by atoms with Crippen LogP contribution in [-0.4, -0.2) is 54.3 Å². The zero-order valence-corrected chi connectivity index (χ0v) is 24.5. The molecule has 0 N–H and O–H groups in total. The quantitative estimate of drug-likeness (QED) is 0.193. The number of allylic oxidation sites excluding steroid dienone is 1. The fraction of sp³-hybridized carbons (Fsp3) is 0.407. The zero-order chi connectivity index (χ0) is 27.8. The average Bonchev–Trinajstić information content (AvgIpc) is 3.19. The number of ether oxygens (including phenoxy) is 2. The van der Waals surface area contributed by atoms with Gasteiger partial charge in [0.2, 0.25) is 0 Å². The second-order valence-electron chi connectivity index (χ2n) is 10.1. The molecule has 1 fully saturated rings. The molecule has 0 aliphatic carbocycles. The second kappa shape index (κ2) is 11.1. The highest BCUT2D eigenvalue weighted by Crippen LogP contribution is 2.44. The van der Waals surface area contributed by atoms with Gasteiger partial charge in [-0.25, -0.2) is 14.2 Å². The predicted molar refractivity (Wildman–Crippen MR) is 146 cm³/mol. The van der Waals surface area contributed by atoms with Crippen molar-refractivity contribution in [1.29, 1.82) is 0 Å². The summed E-state index contributed by atoms with van der Waals surface area (Å²) in [7, 11) is 1.48. The maximum atomic E-state index is 13.7. The molecule has 11 heteroatoms. The Morgan fingerprint density at radius 1 is 1.24 bits per heavy atom. The molecule has 7 nitrogen and oxygen atoms in total. The maximum absolute atomic E-state index is 13.7. The van der Waals surface area contributed by atoms with Crippen LogP contribution in [0.3, 0.4) is 0 Å². The van der Waals surface area contributed by atoms with E-state index in [0.29, 0.717) is 37.3 Å². The van der Waals surface area contributed by atoms with E-state index in [1.54, 1.807) is 25.7 Å². The molecular weight excluding hydrogens is 602 g/mol. The lowest BCUT2D eigenvalue weighted by atomic mass is 9.85. The van der Waals surface area contributed by atoms with Crippen molar-refractivity contribution < 1.29 is 28.3 Å². The van der Waals surface area contributed by atoms with Gasteiger partial charge in [-0.15, -0.1) is 0 Å². The number of carbonyl (C=O) groups excluding carboxylic acids is 2. The van der Waals surface area contributed by atoms with Crippen LogP contribution in [0.4, 0.5) is 9.18 Å². The van der Waals surface area contributed by atoms with Crippen molar-refractivity contribution in [3.05, 3.63) is 73.4 Å². The van der Waals surface area contributed by atoms with Gasteiger partial charge in [0, 0.05) is 24.0 Å². The molecular formula is C27H28BrCl2FN2O5. The Labute approximate surface area is 239 Å². The number of hydroxylamine groups is 2. The Bertz CT molecular complexity index is 1270. The number of amides is 2. The van der Waals surface area contributed by atoms with Gasteiger partial charge in [-0.3, -0.25) is 9.63 Å². The van der Waals surface area contributed by atoms with Crippen molar-refractivity contribution in [3.8, 4) is 0 Å². The zero-order valence-electron chi connectivity index (χ0n) is 21.4. The normalized spacial score (nSPS) is 16.3. The molecule has 38 heavy (non-hydrogen) atoms. The Hall–Kier alpha value is -2.17. The molecule has 2 aromatic carbocycles. The lowest BCUT2D eigenvalue weighted by Gasteiger charge is -2.47. The molecule has 4 rings (SSSR count). The molecule has 0 bridgehead atoms. The summed E-state index contributed by atoms with van der Waals surface area (Å²) >= 11 is 15.2. The molecule has 0 aromatic heterocycles. The molecule has 0 atom stereocenters. The van der Waals surface area contributed by atoms with Crippen molar-refractivity contribution >= 4 is 56.7 Å². The van der Waals surface area contributed by atoms with Crippen LogP contribution >= 0.6 is 39.1 Å². The standard InChI is InChI=1S/C27H28BrCl2FN2O5/c1-16(17-11-21(29)24(31)22(30)12-17)9-23(34)32(4)37-8-7-26(2,3)38-25(35)33-14-27(15-33)20-6-5-19(28)10-18(20)13-36-27/h5-6,9-12H,7-8,13-15H2,1-4H3/b16-9+. The van der Waals surface area contributed by atoms with E-state index in [1.165, 1.54) is 25.3 Å². The lowest BCUT2D eigenvalue weighted by Crippen LogP contribution is -2.62. The number of carbonyl (C=O) groups is 2. The van der Waals surface area contributed by atoms with Crippen LogP contribution in [0.15, 0.2) is 40.9 Å². The Balaban J connectivity index is 1.24. The van der Waals surface area contributed by atoms with E-state index in [-0.39, 0.29) is 16.7 Å². The van der Waals surface area contributed by atoms with Crippen LogP contribution in [0.2, 0.25) is 10.0 Å². The molecule has 2 aliphatic heterocycles. The first-order valence-electron chi connectivity index (χ1n) is 11.9. The number of hydrogen-bond acceptors (Lipinski definition) is 5. The number of nitrogens with zero attached hydrogens (tertiary/aromatic N) is 2. The molecule has 2 amide bonds. The summed E-state index contributed by atoms with van der Waals surface area (Å²) in [6.45, 7) is 6.78. The Morgan fingerprint density at radius 3 is 2.55 bits per heavy atom. The fourth-order valence-electron chi connectivity index (χ4n) is 4.37. The summed E-state index contributed by atoms with van der Waals surface area (Å²) < 4.78 is 26.4. The minimum atomic E-state index is -0.823. The molecule has 0 unspecified atom stereocenters. The first-order valence-corrected chi connectivity index (χ1v) is 13.5. The first-order chi connectivity index (χ1) is 17.8. The summed E-state index contributed by atoms with van der Waals surface area (Å²) in [6.07, 6.45) is 1.27. The summed E-state index contributed by atoms with van der Waals surface area (Å²) in [5.74, 6) is -1.14. The number of fused-ring (bicyclic) bond motifs is 2. The van der Waals surface area contributed by atoms with Gasteiger partial charge in [0.05, 0.1) is 36.3 Å². The first kappa shape index (κ1) is 28.8. The SMILES string of the molecule is C/C(=C\C(=O)N(C)OCCC(C)(C)OC(=O)N1CC2(C1)OCc1cc(Br)ccc12)c1cc(Cl)c(F)c(Cl)c1. The molecule has 0 saturated carbocycles. The van der Waals surface area contributed by atoms with Gasteiger partial charge < -0.3 is 14.4 Å². The number of likely N-dealkylation sites (N-methyl/N-ethyl adjacent to an activating group) is 1. The van der Waals surface area contributed by atoms with E-state index < -0.39 is 29.0 Å². The smallest absolute Gasteiger partial charge is 0.410 e. The highest BCUT2D eigenvalue weighted by Gasteiger charge is 2.52. The predicted octanol–water partition coefficient (Wildman–Crippen LogP) is 6.73. The monoisotopic (exact) mass is 628 g/mol. The molecule has 204 valence electrons. The highest BCUT2D eigenvalue weighted by molar-refractivity contribution is 9.10. The van der Waals surface area contributed by atoms with E-state index in [1.807, 2.05) is 18.2 Å². The molecule has 0 radical (unpaired) electrons. The number of rotatable bonds is 7. The minimum Gasteiger partial charge on any atom is -0.443 e. The van der Waals surface area contributed by atoms with Crippen LogP contribution in [-0.2, 0) is 31.3 Å². The van der Waals surface area contributed by atoms with Crippen molar-refractivity contribution in [1.82, 2.24) is 9.96 Å². The molecule has 2 aliphatic rings. The summed E-state index contributed by atoms with van der Waals surface area (Å²) in [5.41, 5.74) is 2.00. The summed E-state index contributed by atoms with van der Waals surface area (Å²) in [6, 6.07) is 8.86. The molecule has 1 saturated heterocycles. The number of benzene rings is 2. The van der Waals surface area contributed by atoms with Crippen LogP contribution in [0.5, 0.6) is 0 Å². The van der Waals surface area contributed by atoms with Crippen LogP contribution in [0.1, 0.15) is 43.9 Å². The van der Waals surface area contributed by atoms with E-state index in [0.717, 1.165) is 20.7 Å². The van der Waals surface area contributed by atoms with Gasteiger partial charge in [0.1, 0.15) is 11.2 Å². The largest absolute Gasteiger partial charge is 0.443 e. The lowest BCUT2D eigenvalue weighted by molar-refractivity contribution is -0.177. The number of likely N-dealkylation sites (tertiary alicyclic amines) is 1. The number of hydrogen-bond donors (Lipinski definition) is 0. The minimum absolute atomic E-state index is 0.128. The summed E-state index contributed by atoms with van der Waals surface area (Å²) in [4.78, 5) is 32.5. The van der Waals surface area contributed by atoms with Crippen molar-refractivity contribution in [2.45, 2.75) is 45.0 Å². The molecule has 1 spiro atoms. The Morgan fingerprint density at radius 2 is 1.89 bits per heavy atom. The van der Waals surface area contributed by atoms with Gasteiger partial charge in [0.25, 0.3) is 5.91 Å². The molecule has 2 aromatic rings. The Kier molecular flexibility index (Phi) is 8.45. The fourth-order valence-corrected chi connectivity index (χ4v) is 5.26. The third-order valence-electron chi connectivity index (χ3n) is 6.66. The van der Waals surface area contributed by atoms with Gasteiger partial charge in [0.15, 0.2) is 5.82 Å². The van der Waals surface area contributed by atoms with Gasteiger partial charge >= 0.3 is 6.09 Å². The van der Waals surface area contributed by atoms with Crippen LogP contribution in [0, 0.1) is 5.82 Å². The van der Waals surface area contributed by atoms with Gasteiger partial charge in [-0.2, -0.15) is 0 Å². The summed E-state index contributed by atoms with van der Waals surface area (Å²) in [5, 5.41) is 0.827. The third-order valence-corrected chi connectivity index (χ3v) is 7.70. The van der Waals surface area contributed by atoms with E-state index >= 15 is 0 Å². The highest BCUT2D eigenvalue weighted by atomic mass is 79.9. The van der Waals surface area contributed by atoms with Crippen molar-refractivity contribution in [2.24, 2.45) is 0 Å². The second-order valence-corrected chi connectivity index (χ2v) is 11.8. The van der Waals surface area contributed by atoms with E-state index in [4.69, 9.17) is 37.5 Å². The van der Waals surface area contributed by atoms with E-state index in [2.05, 4.69) is 15.9 Å². The van der Waals surface area contributed by atoms with Crippen molar-refractivity contribution in [3.63, 3.8) is 0 Å². The molecule has 2 heterocycles. The third kappa shape index (κ3) is 6.18. The average molecular weight is 630 g/mol. The van der Waals surface area contributed by atoms with Crippen LogP contribution in [0.25, 0.3) is 5.57 Å². The van der Waals surface area contributed by atoms with Gasteiger partial charge in [-0.05, 0) is 67.3 Å². The topological polar surface area (TPSA) is 68.3 Å². The van der Waals surface area contributed by atoms with Crippen LogP contribution < -0.4 is 0 Å². The number of halogens is 4.